The van der Waals surface area contributed by atoms with Crippen LogP contribution >= 0.6 is 0 Å². The molecule has 0 aliphatic heterocycles. The van der Waals surface area contributed by atoms with Gasteiger partial charge < -0.3 is 10.6 Å². The molecule has 0 fully saturated rings. The fourth-order valence-electron chi connectivity index (χ4n) is 1.58. The van der Waals surface area contributed by atoms with E-state index in [-0.39, 0.29) is 4.90 Å². The van der Waals surface area contributed by atoms with E-state index in [0.29, 0.717) is 25.1 Å². The van der Waals surface area contributed by atoms with Gasteiger partial charge in [0, 0.05) is 26.2 Å². The third-order valence-corrected chi connectivity index (χ3v) is 4.46. The summed E-state index contributed by atoms with van der Waals surface area (Å²) in [6.07, 6.45) is 0.987. The number of hydrogen-bond donors (Lipinski definition) is 3. The number of aliphatic imine (C=N–C) groups is 1. The van der Waals surface area contributed by atoms with Crippen LogP contribution in [0, 0.1) is 0 Å². The normalized spacial score (nSPS) is 13.8. The Labute approximate surface area is 127 Å². The van der Waals surface area contributed by atoms with Crippen molar-refractivity contribution in [3.63, 3.8) is 0 Å². The summed E-state index contributed by atoms with van der Waals surface area (Å²) in [7, 11) is -1.76. The number of guanidine groups is 1. The molecule has 0 radical (unpaired) electrons. The number of benzene rings is 1. The minimum absolute atomic E-state index is 0.270. The van der Waals surface area contributed by atoms with Crippen LogP contribution in [0.15, 0.2) is 40.2 Å². The standard InChI is InChI=1S/C14H24N4O2S/c1-4-12(2)18-14(15-3)16-10-11-17-21(19,20)13-8-6-5-7-9-13/h5-9,12,17H,4,10-11H2,1-3H3,(H2,15,16,18). The van der Waals surface area contributed by atoms with E-state index in [1.807, 2.05) is 0 Å². The molecule has 1 unspecified atom stereocenters. The number of nitrogens with one attached hydrogen (secondary N) is 3. The number of hydrogen-bond acceptors (Lipinski definition) is 3. The van der Waals surface area contributed by atoms with Crippen molar-refractivity contribution in [2.24, 2.45) is 4.99 Å². The first-order valence-electron chi connectivity index (χ1n) is 7.01. The highest BCUT2D eigenvalue weighted by atomic mass is 32.2. The second-order valence-corrected chi connectivity index (χ2v) is 6.43. The van der Waals surface area contributed by atoms with Gasteiger partial charge in [-0.05, 0) is 25.5 Å². The number of rotatable bonds is 7. The Morgan fingerprint density at radius 1 is 1.24 bits per heavy atom. The van der Waals surface area contributed by atoms with Crippen LogP contribution in [0.3, 0.4) is 0 Å². The molecule has 0 saturated carbocycles. The summed E-state index contributed by atoms with van der Waals surface area (Å²) in [5.74, 6) is 0.670. The minimum Gasteiger partial charge on any atom is -0.355 e. The van der Waals surface area contributed by atoms with Gasteiger partial charge in [0.25, 0.3) is 0 Å². The van der Waals surface area contributed by atoms with Crippen LogP contribution in [0.1, 0.15) is 20.3 Å². The lowest BCUT2D eigenvalue weighted by atomic mass is 10.3. The first-order valence-corrected chi connectivity index (χ1v) is 8.49. The monoisotopic (exact) mass is 312 g/mol. The zero-order valence-electron chi connectivity index (χ0n) is 12.8. The fourth-order valence-corrected chi connectivity index (χ4v) is 2.63. The maximum absolute atomic E-state index is 12.0. The van der Waals surface area contributed by atoms with E-state index in [2.05, 4.69) is 34.2 Å². The van der Waals surface area contributed by atoms with Gasteiger partial charge in [0.1, 0.15) is 0 Å². The van der Waals surface area contributed by atoms with Crippen molar-refractivity contribution in [3.05, 3.63) is 30.3 Å². The van der Waals surface area contributed by atoms with Crippen LogP contribution < -0.4 is 15.4 Å². The first-order chi connectivity index (χ1) is 9.99. The summed E-state index contributed by atoms with van der Waals surface area (Å²) >= 11 is 0. The molecule has 0 amide bonds. The lowest BCUT2D eigenvalue weighted by Gasteiger charge is -2.16. The van der Waals surface area contributed by atoms with E-state index in [4.69, 9.17) is 0 Å². The van der Waals surface area contributed by atoms with E-state index in [9.17, 15) is 8.42 Å². The Kier molecular flexibility index (Phi) is 7.18. The Hall–Kier alpha value is -1.60. The van der Waals surface area contributed by atoms with Gasteiger partial charge in [-0.25, -0.2) is 13.1 Å². The quantitative estimate of drug-likeness (QED) is 0.397. The smallest absolute Gasteiger partial charge is 0.240 e. The molecule has 0 aliphatic carbocycles. The molecule has 0 heterocycles. The van der Waals surface area contributed by atoms with Crippen molar-refractivity contribution in [2.45, 2.75) is 31.2 Å². The van der Waals surface area contributed by atoms with Crippen LogP contribution in [0.4, 0.5) is 0 Å². The van der Waals surface area contributed by atoms with Crippen LogP contribution in [0.2, 0.25) is 0 Å². The Bertz CT molecular complexity index is 543. The van der Waals surface area contributed by atoms with Crippen LogP contribution in [-0.2, 0) is 10.0 Å². The predicted molar refractivity (Wildman–Crippen MR) is 85.9 cm³/mol. The van der Waals surface area contributed by atoms with E-state index < -0.39 is 10.0 Å². The summed E-state index contributed by atoms with van der Waals surface area (Å²) < 4.78 is 26.5. The summed E-state index contributed by atoms with van der Waals surface area (Å²) in [5, 5.41) is 6.28. The molecule has 1 aromatic rings. The molecule has 0 saturated heterocycles. The molecule has 1 aromatic carbocycles. The van der Waals surface area contributed by atoms with Gasteiger partial charge >= 0.3 is 0 Å². The van der Waals surface area contributed by atoms with Gasteiger partial charge in [-0.15, -0.1) is 0 Å². The Morgan fingerprint density at radius 2 is 1.90 bits per heavy atom. The largest absolute Gasteiger partial charge is 0.355 e. The zero-order valence-corrected chi connectivity index (χ0v) is 13.6. The Balaban J connectivity index is 2.40. The molecule has 0 aromatic heterocycles. The van der Waals surface area contributed by atoms with Gasteiger partial charge in [-0.1, -0.05) is 25.1 Å². The van der Waals surface area contributed by atoms with Crippen molar-refractivity contribution in [1.82, 2.24) is 15.4 Å². The highest BCUT2D eigenvalue weighted by Gasteiger charge is 2.12. The van der Waals surface area contributed by atoms with E-state index in [1.54, 1.807) is 37.4 Å². The van der Waals surface area contributed by atoms with Gasteiger partial charge in [0.2, 0.25) is 10.0 Å². The molecule has 21 heavy (non-hydrogen) atoms. The number of nitrogens with zero attached hydrogens (tertiary/aromatic N) is 1. The van der Waals surface area contributed by atoms with Gasteiger partial charge in [-0.3, -0.25) is 4.99 Å². The molecule has 3 N–H and O–H groups in total. The lowest BCUT2D eigenvalue weighted by Crippen LogP contribution is -2.44. The van der Waals surface area contributed by atoms with Crippen molar-refractivity contribution < 1.29 is 8.42 Å². The molecule has 0 spiro atoms. The third kappa shape index (κ3) is 6.14. The first kappa shape index (κ1) is 17.5. The van der Waals surface area contributed by atoms with Crippen molar-refractivity contribution in [2.75, 3.05) is 20.1 Å². The second-order valence-electron chi connectivity index (χ2n) is 4.66. The number of sulfonamides is 1. The molecule has 0 bridgehead atoms. The fraction of sp³-hybridized carbons (Fsp3) is 0.500. The van der Waals surface area contributed by atoms with Crippen LogP contribution in [0.25, 0.3) is 0 Å². The van der Waals surface area contributed by atoms with Crippen molar-refractivity contribution in [3.8, 4) is 0 Å². The van der Waals surface area contributed by atoms with Crippen molar-refractivity contribution in [1.29, 1.82) is 0 Å². The maximum atomic E-state index is 12.0. The summed E-state index contributed by atoms with van der Waals surface area (Å²) in [6.45, 7) is 4.89. The topological polar surface area (TPSA) is 82.6 Å². The molecule has 1 atom stereocenters. The molecule has 7 heteroatoms. The summed E-state index contributed by atoms with van der Waals surface area (Å²) in [6, 6.07) is 8.64. The molecule has 1 rings (SSSR count). The highest BCUT2D eigenvalue weighted by molar-refractivity contribution is 7.89. The molecule has 118 valence electrons. The van der Waals surface area contributed by atoms with Gasteiger partial charge in [-0.2, -0.15) is 0 Å². The average Bonchev–Trinajstić information content (AvgIpc) is 2.50. The Morgan fingerprint density at radius 3 is 2.48 bits per heavy atom. The third-order valence-electron chi connectivity index (χ3n) is 2.98. The van der Waals surface area contributed by atoms with Gasteiger partial charge in [0.05, 0.1) is 4.90 Å². The van der Waals surface area contributed by atoms with Crippen molar-refractivity contribution >= 4 is 16.0 Å². The summed E-state index contributed by atoms with van der Waals surface area (Å²) in [4.78, 5) is 4.36. The molecular formula is C14H24N4O2S. The summed E-state index contributed by atoms with van der Waals surface area (Å²) in [5.41, 5.74) is 0. The maximum Gasteiger partial charge on any atom is 0.240 e. The molecule has 0 aliphatic rings. The SMILES string of the molecule is CCC(C)NC(=NC)NCCNS(=O)(=O)c1ccccc1. The van der Waals surface area contributed by atoms with E-state index >= 15 is 0 Å². The predicted octanol–water partition coefficient (Wildman–Crippen LogP) is 0.928. The van der Waals surface area contributed by atoms with E-state index in [0.717, 1.165) is 6.42 Å². The highest BCUT2D eigenvalue weighted by Crippen LogP contribution is 2.06. The molecule has 6 nitrogen and oxygen atoms in total. The average molecular weight is 312 g/mol. The van der Waals surface area contributed by atoms with Gasteiger partial charge in [0.15, 0.2) is 5.96 Å². The van der Waals surface area contributed by atoms with E-state index in [1.165, 1.54) is 0 Å². The zero-order chi connectivity index (χ0) is 15.7. The lowest BCUT2D eigenvalue weighted by molar-refractivity contribution is 0.579. The second kappa shape index (κ2) is 8.63. The van der Waals surface area contributed by atoms with Crippen LogP contribution in [0.5, 0.6) is 0 Å². The van der Waals surface area contributed by atoms with Crippen LogP contribution in [-0.4, -0.2) is 40.6 Å². The minimum atomic E-state index is -3.44. The molecular weight excluding hydrogens is 288 g/mol.